The zero-order valence-electron chi connectivity index (χ0n) is 11.0. The molecule has 104 valence electrons. The number of carbonyl (C=O) groups excluding carboxylic acids is 1. The number of carbonyl (C=O) groups is 1. The Morgan fingerprint density at radius 1 is 1.32 bits per heavy atom. The molecule has 2 nitrogen and oxygen atoms in total. The maximum absolute atomic E-state index is 12.0. The topological polar surface area (TPSA) is 26.3 Å². The summed E-state index contributed by atoms with van der Waals surface area (Å²) in [6, 6.07) is 4.92. The van der Waals surface area contributed by atoms with Gasteiger partial charge in [0.05, 0.1) is 16.1 Å². The second-order valence-electron chi connectivity index (χ2n) is 5.26. The molecule has 1 aliphatic carbocycles. The van der Waals surface area contributed by atoms with Crippen molar-refractivity contribution in [3.05, 3.63) is 33.8 Å². The summed E-state index contributed by atoms with van der Waals surface area (Å²) < 4.78 is 5.71. The Kier molecular flexibility index (Phi) is 5.26. The summed E-state index contributed by atoms with van der Waals surface area (Å²) in [7, 11) is 0. The average molecular weight is 301 g/mol. The second kappa shape index (κ2) is 6.74. The lowest BCUT2D eigenvalue weighted by Gasteiger charge is -2.26. The summed E-state index contributed by atoms with van der Waals surface area (Å²) in [6.07, 6.45) is 4.77. The van der Waals surface area contributed by atoms with E-state index in [4.69, 9.17) is 27.9 Å². The summed E-state index contributed by atoms with van der Waals surface area (Å²) in [6.45, 7) is 2.35. The van der Waals surface area contributed by atoms with E-state index in [-0.39, 0.29) is 18.5 Å². The molecule has 0 spiro atoms. The fraction of sp³-hybridized carbons (Fsp3) is 0.533. The van der Waals surface area contributed by atoms with E-state index >= 15 is 0 Å². The molecule has 0 saturated heterocycles. The van der Waals surface area contributed by atoms with Crippen molar-refractivity contribution in [2.45, 2.75) is 38.7 Å². The molecule has 0 N–H and O–H groups in total. The van der Waals surface area contributed by atoms with Gasteiger partial charge in [-0.25, -0.2) is 0 Å². The van der Waals surface area contributed by atoms with Crippen LogP contribution in [-0.2, 0) is 4.74 Å². The van der Waals surface area contributed by atoms with Crippen LogP contribution in [0.1, 0.15) is 43.0 Å². The molecule has 0 heterocycles. The number of rotatable bonds is 4. The third-order valence-corrected chi connectivity index (χ3v) is 4.32. The van der Waals surface area contributed by atoms with Gasteiger partial charge in [-0.15, -0.1) is 0 Å². The van der Waals surface area contributed by atoms with Gasteiger partial charge in [-0.05, 0) is 37.0 Å². The first-order chi connectivity index (χ1) is 9.06. The molecule has 1 aromatic carbocycles. The lowest BCUT2D eigenvalue weighted by molar-refractivity contribution is 0.0182. The van der Waals surface area contributed by atoms with Crippen LogP contribution in [0.2, 0.25) is 10.0 Å². The first kappa shape index (κ1) is 14.8. The van der Waals surface area contributed by atoms with Crippen molar-refractivity contribution in [2.24, 2.45) is 5.92 Å². The van der Waals surface area contributed by atoms with Crippen LogP contribution in [0.15, 0.2) is 18.2 Å². The van der Waals surface area contributed by atoms with Crippen molar-refractivity contribution in [3.8, 4) is 0 Å². The second-order valence-corrected chi connectivity index (χ2v) is 6.07. The van der Waals surface area contributed by atoms with Gasteiger partial charge in [0.15, 0.2) is 5.78 Å². The van der Waals surface area contributed by atoms with E-state index in [0.717, 1.165) is 12.8 Å². The number of ketones is 1. The smallest absolute Gasteiger partial charge is 0.188 e. The van der Waals surface area contributed by atoms with Gasteiger partial charge in [-0.3, -0.25) is 4.79 Å². The Balaban J connectivity index is 1.88. The fourth-order valence-corrected chi connectivity index (χ4v) is 2.77. The largest absolute Gasteiger partial charge is 0.370 e. The number of Topliss-reactive ketones (excluding diaryl/α,β-unsaturated/α-hetero) is 1. The number of hydrogen-bond acceptors (Lipinski definition) is 2. The molecule has 19 heavy (non-hydrogen) atoms. The molecule has 1 saturated carbocycles. The van der Waals surface area contributed by atoms with E-state index in [1.807, 2.05) is 0 Å². The summed E-state index contributed by atoms with van der Waals surface area (Å²) in [5.41, 5.74) is 0.554. The van der Waals surface area contributed by atoms with Crippen LogP contribution in [0.3, 0.4) is 0 Å². The SMILES string of the molecule is CC1CCCC(OCC(=O)c2ccc(Cl)c(Cl)c2)C1. The molecule has 2 atom stereocenters. The van der Waals surface area contributed by atoms with Crippen LogP contribution >= 0.6 is 23.2 Å². The third-order valence-electron chi connectivity index (χ3n) is 3.58. The van der Waals surface area contributed by atoms with E-state index in [0.29, 0.717) is 21.5 Å². The maximum atomic E-state index is 12.0. The predicted molar refractivity (Wildman–Crippen MR) is 78.2 cm³/mol. The van der Waals surface area contributed by atoms with Gasteiger partial charge in [0, 0.05) is 5.56 Å². The van der Waals surface area contributed by atoms with Crippen LogP contribution in [-0.4, -0.2) is 18.5 Å². The average Bonchev–Trinajstić information content (AvgIpc) is 2.39. The molecule has 0 amide bonds. The molecule has 0 aliphatic heterocycles. The normalized spacial score (nSPS) is 23.3. The number of benzene rings is 1. The Hall–Kier alpha value is -0.570. The number of halogens is 2. The zero-order chi connectivity index (χ0) is 13.8. The maximum Gasteiger partial charge on any atom is 0.188 e. The van der Waals surface area contributed by atoms with Crippen molar-refractivity contribution in [3.63, 3.8) is 0 Å². The van der Waals surface area contributed by atoms with Gasteiger partial charge in [-0.1, -0.05) is 43.0 Å². The minimum Gasteiger partial charge on any atom is -0.370 e. The first-order valence-corrected chi connectivity index (χ1v) is 7.41. The van der Waals surface area contributed by atoms with Crippen molar-refractivity contribution in [1.29, 1.82) is 0 Å². The van der Waals surface area contributed by atoms with Gasteiger partial charge in [0.2, 0.25) is 0 Å². The molecular weight excluding hydrogens is 283 g/mol. The standard InChI is InChI=1S/C15H18Cl2O2/c1-10-3-2-4-12(7-10)19-9-15(18)11-5-6-13(16)14(17)8-11/h5-6,8,10,12H,2-4,7,9H2,1H3. The van der Waals surface area contributed by atoms with Crippen LogP contribution < -0.4 is 0 Å². The van der Waals surface area contributed by atoms with Crippen LogP contribution in [0.5, 0.6) is 0 Å². The summed E-state index contributed by atoms with van der Waals surface area (Å²) in [5.74, 6) is 0.649. The summed E-state index contributed by atoms with van der Waals surface area (Å²) in [5, 5.41) is 0.860. The van der Waals surface area contributed by atoms with E-state index < -0.39 is 0 Å². The predicted octanol–water partition coefficient (Wildman–Crippen LogP) is 4.77. The lowest BCUT2D eigenvalue weighted by atomic mass is 9.89. The highest BCUT2D eigenvalue weighted by Crippen LogP contribution is 2.26. The highest BCUT2D eigenvalue weighted by Gasteiger charge is 2.20. The van der Waals surface area contributed by atoms with Gasteiger partial charge in [-0.2, -0.15) is 0 Å². The monoisotopic (exact) mass is 300 g/mol. The number of ether oxygens (including phenoxy) is 1. The summed E-state index contributed by atoms with van der Waals surface area (Å²) in [4.78, 5) is 12.0. The molecule has 1 aromatic rings. The van der Waals surface area contributed by atoms with Gasteiger partial charge in [0.1, 0.15) is 6.61 Å². The van der Waals surface area contributed by atoms with Gasteiger partial charge < -0.3 is 4.74 Å². The number of hydrogen-bond donors (Lipinski definition) is 0. The Morgan fingerprint density at radius 2 is 2.11 bits per heavy atom. The van der Waals surface area contributed by atoms with E-state index in [1.54, 1.807) is 18.2 Å². The Labute approximate surface area is 124 Å². The molecule has 2 rings (SSSR count). The van der Waals surface area contributed by atoms with Gasteiger partial charge in [0.25, 0.3) is 0 Å². The van der Waals surface area contributed by atoms with Crippen LogP contribution in [0, 0.1) is 5.92 Å². The fourth-order valence-electron chi connectivity index (χ4n) is 2.48. The van der Waals surface area contributed by atoms with E-state index in [1.165, 1.54) is 12.8 Å². The van der Waals surface area contributed by atoms with Crippen molar-refractivity contribution < 1.29 is 9.53 Å². The molecule has 4 heteroatoms. The highest BCUT2D eigenvalue weighted by atomic mass is 35.5. The van der Waals surface area contributed by atoms with E-state index in [9.17, 15) is 4.79 Å². The zero-order valence-corrected chi connectivity index (χ0v) is 12.5. The highest BCUT2D eigenvalue weighted by molar-refractivity contribution is 6.42. The van der Waals surface area contributed by atoms with E-state index in [2.05, 4.69) is 6.92 Å². The molecular formula is C15H18Cl2O2. The van der Waals surface area contributed by atoms with Gasteiger partial charge >= 0.3 is 0 Å². The molecule has 0 bridgehead atoms. The summed E-state index contributed by atoms with van der Waals surface area (Å²) >= 11 is 11.7. The molecule has 0 aromatic heterocycles. The first-order valence-electron chi connectivity index (χ1n) is 6.66. The Morgan fingerprint density at radius 3 is 2.79 bits per heavy atom. The lowest BCUT2D eigenvalue weighted by Crippen LogP contribution is -2.24. The molecule has 1 fully saturated rings. The Bertz CT molecular complexity index is 459. The van der Waals surface area contributed by atoms with Crippen molar-refractivity contribution in [2.75, 3.05) is 6.61 Å². The van der Waals surface area contributed by atoms with Crippen LogP contribution in [0.25, 0.3) is 0 Å². The third kappa shape index (κ3) is 4.20. The molecule has 0 radical (unpaired) electrons. The minimum absolute atomic E-state index is 0.0446. The van der Waals surface area contributed by atoms with Crippen molar-refractivity contribution >= 4 is 29.0 Å². The minimum atomic E-state index is -0.0446. The van der Waals surface area contributed by atoms with Crippen LogP contribution in [0.4, 0.5) is 0 Å². The quantitative estimate of drug-likeness (QED) is 0.749. The molecule has 2 unspecified atom stereocenters. The van der Waals surface area contributed by atoms with Crippen molar-refractivity contribution in [1.82, 2.24) is 0 Å². The molecule has 1 aliphatic rings.